The van der Waals surface area contributed by atoms with E-state index in [4.69, 9.17) is 10.5 Å². The average Bonchev–Trinajstić information content (AvgIpc) is 3.50. The number of benzene rings is 1. The van der Waals surface area contributed by atoms with Gasteiger partial charge in [-0.25, -0.2) is 0 Å². The molecule has 1 amide bonds. The minimum absolute atomic E-state index is 0.0225. The van der Waals surface area contributed by atoms with Crippen LogP contribution in [0.1, 0.15) is 29.9 Å². The fourth-order valence-corrected chi connectivity index (χ4v) is 4.36. The molecule has 1 saturated carbocycles. The molecule has 3 N–H and O–H groups in total. The Labute approximate surface area is 192 Å². The van der Waals surface area contributed by atoms with E-state index in [1.54, 1.807) is 36.7 Å². The lowest BCUT2D eigenvalue weighted by Gasteiger charge is -2.16. The Hall–Kier alpha value is -3.57. The van der Waals surface area contributed by atoms with Crippen LogP contribution >= 0.6 is 11.3 Å². The van der Waals surface area contributed by atoms with Crippen molar-refractivity contribution in [3.8, 4) is 0 Å². The molecule has 1 atom stereocenters. The molecule has 1 aliphatic carbocycles. The standard InChI is InChI=1S/C22H22N4O6S/c23-10-17(20(27)25-19-9-16-5-8-24-11-18(16)33-19)15-3-1-14(2-4-15)12-31-21(28)22(6-7-22)13-32-26(29)30/h1-5,8-9,11,17H,6-7,10,12-13,23H2,(H,25,27)/t17-/m1/s1. The maximum absolute atomic E-state index is 12.8. The zero-order valence-electron chi connectivity index (χ0n) is 17.6. The Bertz CT molecular complexity index is 1140. The number of rotatable bonds is 10. The van der Waals surface area contributed by atoms with Crippen molar-refractivity contribution in [2.24, 2.45) is 11.1 Å². The van der Waals surface area contributed by atoms with Crippen LogP contribution in [-0.2, 0) is 25.8 Å². The molecule has 4 rings (SSSR count). The molecule has 1 fully saturated rings. The van der Waals surface area contributed by atoms with Crippen LogP contribution in [0.15, 0.2) is 48.8 Å². The fraction of sp³-hybridized carbons (Fsp3) is 0.318. The number of hydrogen-bond donors (Lipinski definition) is 2. The second-order valence-electron chi connectivity index (χ2n) is 7.90. The normalized spacial score (nSPS) is 14.9. The summed E-state index contributed by atoms with van der Waals surface area (Å²) in [5, 5.41) is 14.1. The average molecular weight is 471 g/mol. The van der Waals surface area contributed by atoms with E-state index in [0.29, 0.717) is 12.8 Å². The number of fused-ring (bicyclic) bond motifs is 1. The Morgan fingerprint density at radius 2 is 2.03 bits per heavy atom. The molecule has 0 spiro atoms. The number of aromatic nitrogens is 1. The van der Waals surface area contributed by atoms with Crippen molar-refractivity contribution in [3.63, 3.8) is 0 Å². The predicted octanol–water partition coefficient (Wildman–Crippen LogP) is 3.01. The fourth-order valence-electron chi connectivity index (χ4n) is 3.43. The van der Waals surface area contributed by atoms with Crippen molar-refractivity contribution in [1.82, 2.24) is 4.98 Å². The van der Waals surface area contributed by atoms with Crippen LogP contribution in [0.4, 0.5) is 5.00 Å². The molecule has 0 aliphatic heterocycles. The van der Waals surface area contributed by atoms with E-state index in [-0.39, 0.29) is 25.7 Å². The molecule has 172 valence electrons. The van der Waals surface area contributed by atoms with Crippen molar-refractivity contribution in [1.29, 1.82) is 0 Å². The monoisotopic (exact) mass is 470 g/mol. The highest BCUT2D eigenvalue weighted by molar-refractivity contribution is 7.22. The highest BCUT2D eigenvalue weighted by Gasteiger charge is 2.52. The van der Waals surface area contributed by atoms with E-state index in [0.717, 1.165) is 26.2 Å². The zero-order valence-corrected chi connectivity index (χ0v) is 18.4. The number of anilines is 1. The summed E-state index contributed by atoms with van der Waals surface area (Å²) in [6.07, 6.45) is 4.46. The number of hydrogen-bond acceptors (Lipinski definition) is 9. The number of nitrogens with two attached hydrogens (primary N) is 1. The van der Waals surface area contributed by atoms with Crippen molar-refractivity contribution in [3.05, 3.63) is 70.0 Å². The lowest BCUT2D eigenvalue weighted by Crippen LogP contribution is -2.27. The van der Waals surface area contributed by atoms with Crippen LogP contribution in [0.5, 0.6) is 0 Å². The van der Waals surface area contributed by atoms with Gasteiger partial charge < -0.3 is 20.6 Å². The number of carbonyl (C=O) groups is 2. The van der Waals surface area contributed by atoms with Crippen LogP contribution in [0, 0.1) is 15.5 Å². The molecule has 0 unspecified atom stereocenters. The van der Waals surface area contributed by atoms with Crippen LogP contribution in [-0.4, -0.2) is 35.1 Å². The van der Waals surface area contributed by atoms with Crippen LogP contribution < -0.4 is 11.1 Å². The van der Waals surface area contributed by atoms with Gasteiger partial charge in [-0.05, 0) is 41.5 Å². The topological polar surface area (TPSA) is 147 Å². The van der Waals surface area contributed by atoms with Gasteiger partial charge in [0.1, 0.15) is 13.2 Å². The van der Waals surface area contributed by atoms with Gasteiger partial charge in [0.05, 0.1) is 21.0 Å². The van der Waals surface area contributed by atoms with Crippen molar-refractivity contribution >= 4 is 38.3 Å². The third kappa shape index (κ3) is 5.26. The van der Waals surface area contributed by atoms with Gasteiger partial charge in [-0.3, -0.25) is 14.6 Å². The number of esters is 1. The summed E-state index contributed by atoms with van der Waals surface area (Å²) < 4.78 is 6.30. The quantitative estimate of drug-likeness (QED) is 0.261. The summed E-state index contributed by atoms with van der Waals surface area (Å²) in [6.45, 7) is -0.137. The van der Waals surface area contributed by atoms with Crippen molar-refractivity contribution in [2.75, 3.05) is 18.5 Å². The van der Waals surface area contributed by atoms with Gasteiger partial charge in [0, 0.05) is 18.9 Å². The van der Waals surface area contributed by atoms with Gasteiger partial charge in [0.2, 0.25) is 5.91 Å². The first-order chi connectivity index (χ1) is 15.9. The molecule has 0 radical (unpaired) electrons. The number of pyridine rings is 1. The summed E-state index contributed by atoms with van der Waals surface area (Å²) in [5.41, 5.74) is 6.43. The minimum Gasteiger partial charge on any atom is -0.460 e. The Morgan fingerprint density at radius 1 is 1.27 bits per heavy atom. The lowest BCUT2D eigenvalue weighted by molar-refractivity contribution is -0.759. The van der Waals surface area contributed by atoms with Gasteiger partial charge in [-0.15, -0.1) is 21.5 Å². The molecule has 2 aromatic heterocycles. The summed E-state index contributed by atoms with van der Waals surface area (Å²) in [7, 11) is 0. The third-order valence-electron chi connectivity index (χ3n) is 5.61. The second-order valence-corrected chi connectivity index (χ2v) is 8.98. The minimum atomic E-state index is -0.918. The number of ether oxygens (including phenoxy) is 1. The summed E-state index contributed by atoms with van der Waals surface area (Å²) in [5.74, 6) is -1.26. The number of thiophene rings is 1. The first-order valence-corrected chi connectivity index (χ1v) is 11.1. The second kappa shape index (κ2) is 9.51. The van der Waals surface area contributed by atoms with Crippen molar-refractivity contribution < 1.29 is 24.3 Å². The molecule has 1 aliphatic rings. The Morgan fingerprint density at radius 3 is 2.67 bits per heavy atom. The number of nitrogens with zero attached hydrogens (tertiary/aromatic N) is 2. The van der Waals surface area contributed by atoms with E-state index in [1.807, 2.05) is 12.1 Å². The molecule has 11 heteroatoms. The maximum Gasteiger partial charge on any atom is 0.314 e. The highest BCUT2D eigenvalue weighted by atomic mass is 32.1. The van der Waals surface area contributed by atoms with Crippen LogP contribution in [0.3, 0.4) is 0 Å². The van der Waals surface area contributed by atoms with Crippen LogP contribution in [0.2, 0.25) is 0 Å². The first kappa shape index (κ1) is 22.6. The summed E-state index contributed by atoms with van der Waals surface area (Å²) >= 11 is 1.44. The number of amides is 1. The summed E-state index contributed by atoms with van der Waals surface area (Å²) in [6, 6.07) is 10.9. The molecule has 0 bridgehead atoms. The van der Waals surface area contributed by atoms with E-state index in [1.165, 1.54) is 11.3 Å². The van der Waals surface area contributed by atoms with E-state index in [9.17, 15) is 19.7 Å². The molecule has 0 saturated heterocycles. The molecule has 33 heavy (non-hydrogen) atoms. The third-order valence-corrected chi connectivity index (χ3v) is 6.61. The zero-order chi connectivity index (χ0) is 23.4. The van der Waals surface area contributed by atoms with Crippen molar-refractivity contribution in [2.45, 2.75) is 25.4 Å². The largest absolute Gasteiger partial charge is 0.460 e. The van der Waals surface area contributed by atoms with E-state index < -0.39 is 22.4 Å². The molecular formula is C22H22N4O6S. The van der Waals surface area contributed by atoms with Gasteiger partial charge in [-0.1, -0.05) is 24.3 Å². The lowest BCUT2D eigenvalue weighted by atomic mass is 9.97. The molecule has 3 aromatic rings. The van der Waals surface area contributed by atoms with Gasteiger partial charge in [-0.2, -0.15) is 0 Å². The van der Waals surface area contributed by atoms with Crippen LogP contribution in [0.25, 0.3) is 10.1 Å². The Kier molecular flexibility index (Phi) is 6.52. The summed E-state index contributed by atoms with van der Waals surface area (Å²) in [4.78, 5) is 43.9. The van der Waals surface area contributed by atoms with E-state index >= 15 is 0 Å². The highest BCUT2D eigenvalue weighted by Crippen LogP contribution is 2.47. The van der Waals surface area contributed by atoms with Gasteiger partial charge in [0.15, 0.2) is 0 Å². The smallest absolute Gasteiger partial charge is 0.314 e. The maximum atomic E-state index is 12.8. The molecule has 1 aromatic carbocycles. The van der Waals surface area contributed by atoms with Gasteiger partial charge >= 0.3 is 5.97 Å². The number of nitrogens with one attached hydrogen (secondary N) is 1. The van der Waals surface area contributed by atoms with E-state index in [2.05, 4.69) is 15.1 Å². The van der Waals surface area contributed by atoms with Gasteiger partial charge in [0.25, 0.3) is 5.09 Å². The molecule has 10 nitrogen and oxygen atoms in total. The SMILES string of the molecule is NC[C@@H](C(=O)Nc1cc2ccncc2s1)c1ccc(COC(=O)C2(CO[N+](=O)[O-])CC2)cc1. The first-order valence-electron chi connectivity index (χ1n) is 10.3. The predicted molar refractivity (Wildman–Crippen MR) is 121 cm³/mol. The molecule has 2 heterocycles. The number of carbonyl (C=O) groups excluding carboxylic acids is 2. The molecular weight excluding hydrogens is 448 g/mol. The Balaban J connectivity index is 1.34.